The molecule has 0 saturated carbocycles. The van der Waals surface area contributed by atoms with E-state index in [-0.39, 0.29) is 0 Å². The highest BCUT2D eigenvalue weighted by atomic mass is 14.8. The van der Waals surface area contributed by atoms with Gasteiger partial charge in [0, 0.05) is 6.54 Å². The Morgan fingerprint density at radius 1 is 1.19 bits per heavy atom. The van der Waals surface area contributed by atoms with Crippen LogP contribution in [0.15, 0.2) is 11.6 Å². The normalized spacial score (nSPS) is 18.6. The third kappa shape index (κ3) is 3.93. The van der Waals surface area contributed by atoms with Crippen LogP contribution < -0.4 is 5.32 Å². The van der Waals surface area contributed by atoms with Gasteiger partial charge in [-0.3, -0.25) is 0 Å². The molecule has 1 aliphatic rings. The Bertz CT molecular complexity index is 203. The Morgan fingerprint density at radius 2 is 1.94 bits per heavy atom. The average molecular weight is 223 g/mol. The molecule has 0 aromatic carbocycles. The van der Waals surface area contributed by atoms with Crippen LogP contribution in [0.2, 0.25) is 0 Å². The predicted octanol–water partition coefficient (Wildman–Crippen LogP) is 4.15. The van der Waals surface area contributed by atoms with Crippen molar-refractivity contribution >= 4 is 0 Å². The molecule has 0 heterocycles. The second kappa shape index (κ2) is 7.89. The first-order valence-electron chi connectivity index (χ1n) is 7.23. The average Bonchev–Trinajstić information content (AvgIpc) is 2.35. The molecule has 0 aliphatic heterocycles. The Labute approximate surface area is 102 Å². The van der Waals surface area contributed by atoms with Crippen molar-refractivity contribution in [3.63, 3.8) is 0 Å². The van der Waals surface area contributed by atoms with Gasteiger partial charge >= 0.3 is 0 Å². The molecule has 0 amide bonds. The lowest BCUT2D eigenvalue weighted by Gasteiger charge is -2.30. The standard InChI is InChI=1S/C15H29N/c1-4-13(5-2)15(12-16-6-3)14-10-8-7-9-11-14/h10,13,15-16H,4-9,11-12H2,1-3H3. The van der Waals surface area contributed by atoms with Crippen LogP contribution in [-0.2, 0) is 0 Å². The SMILES string of the molecule is CCNCC(C1=CCCCC1)C(CC)CC. The molecule has 0 spiro atoms. The van der Waals surface area contributed by atoms with Crippen molar-refractivity contribution < 1.29 is 0 Å². The highest BCUT2D eigenvalue weighted by Gasteiger charge is 2.22. The first-order valence-corrected chi connectivity index (χ1v) is 7.23. The Balaban J connectivity index is 2.64. The third-order valence-electron chi connectivity index (χ3n) is 4.03. The summed E-state index contributed by atoms with van der Waals surface area (Å²) >= 11 is 0. The lowest BCUT2D eigenvalue weighted by atomic mass is 9.78. The van der Waals surface area contributed by atoms with Crippen LogP contribution in [-0.4, -0.2) is 13.1 Å². The largest absolute Gasteiger partial charge is 0.316 e. The molecule has 1 heteroatoms. The van der Waals surface area contributed by atoms with Crippen LogP contribution in [0.1, 0.15) is 59.3 Å². The summed E-state index contributed by atoms with van der Waals surface area (Å²) in [5.74, 6) is 1.68. The molecule has 0 fully saturated rings. The fourth-order valence-corrected chi connectivity index (χ4v) is 2.96. The van der Waals surface area contributed by atoms with E-state index < -0.39 is 0 Å². The third-order valence-corrected chi connectivity index (χ3v) is 4.03. The zero-order valence-electron chi connectivity index (χ0n) is 11.4. The van der Waals surface area contributed by atoms with Crippen molar-refractivity contribution in [3.8, 4) is 0 Å². The van der Waals surface area contributed by atoms with Gasteiger partial charge in [-0.25, -0.2) is 0 Å². The molecule has 0 aromatic heterocycles. The summed E-state index contributed by atoms with van der Waals surface area (Å²) in [6.07, 6.45) is 10.7. The summed E-state index contributed by atoms with van der Waals surface area (Å²) < 4.78 is 0. The van der Waals surface area contributed by atoms with E-state index in [1.807, 2.05) is 0 Å². The second-order valence-electron chi connectivity index (χ2n) is 5.02. The maximum Gasteiger partial charge on any atom is 0.00194 e. The lowest BCUT2D eigenvalue weighted by Crippen LogP contribution is -2.30. The maximum absolute atomic E-state index is 3.55. The predicted molar refractivity (Wildman–Crippen MR) is 72.7 cm³/mol. The molecule has 1 unspecified atom stereocenters. The van der Waals surface area contributed by atoms with Gasteiger partial charge in [0.25, 0.3) is 0 Å². The lowest BCUT2D eigenvalue weighted by molar-refractivity contribution is 0.330. The van der Waals surface area contributed by atoms with Gasteiger partial charge in [0.15, 0.2) is 0 Å². The van der Waals surface area contributed by atoms with Crippen molar-refractivity contribution in [1.82, 2.24) is 5.32 Å². The molecule has 1 rings (SSSR count). The molecule has 16 heavy (non-hydrogen) atoms. The van der Waals surface area contributed by atoms with E-state index in [9.17, 15) is 0 Å². The van der Waals surface area contributed by atoms with Gasteiger partial charge in [0.05, 0.1) is 0 Å². The maximum atomic E-state index is 3.55. The van der Waals surface area contributed by atoms with Crippen molar-refractivity contribution in [1.29, 1.82) is 0 Å². The van der Waals surface area contributed by atoms with E-state index in [1.54, 1.807) is 5.57 Å². The topological polar surface area (TPSA) is 12.0 Å². The van der Waals surface area contributed by atoms with Gasteiger partial charge in [0.2, 0.25) is 0 Å². The van der Waals surface area contributed by atoms with Gasteiger partial charge in [-0.15, -0.1) is 0 Å². The monoisotopic (exact) mass is 223 g/mol. The van der Waals surface area contributed by atoms with Crippen molar-refractivity contribution in [2.45, 2.75) is 59.3 Å². The minimum absolute atomic E-state index is 0.801. The van der Waals surface area contributed by atoms with E-state index in [0.717, 1.165) is 18.4 Å². The summed E-state index contributed by atoms with van der Waals surface area (Å²) in [4.78, 5) is 0. The Morgan fingerprint density at radius 3 is 2.44 bits per heavy atom. The zero-order valence-corrected chi connectivity index (χ0v) is 11.4. The van der Waals surface area contributed by atoms with Crippen LogP contribution in [0.3, 0.4) is 0 Å². The van der Waals surface area contributed by atoms with Crippen LogP contribution >= 0.6 is 0 Å². The highest BCUT2D eigenvalue weighted by molar-refractivity contribution is 5.11. The number of nitrogens with one attached hydrogen (secondary N) is 1. The molecule has 1 atom stereocenters. The fourth-order valence-electron chi connectivity index (χ4n) is 2.96. The number of allylic oxidation sites excluding steroid dienone is 1. The van der Waals surface area contributed by atoms with E-state index in [2.05, 4.69) is 32.2 Å². The molecule has 0 radical (unpaired) electrons. The Kier molecular flexibility index (Phi) is 6.79. The van der Waals surface area contributed by atoms with Crippen LogP contribution in [0.4, 0.5) is 0 Å². The van der Waals surface area contributed by atoms with Crippen molar-refractivity contribution in [3.05, 3.63) is 11.6 Å². The van der Waals surface area contributed by atoms with Gasteiger partial charge < -0.3 is 5.32 Å². The minimum atomic E-state index is 0.801. The number of hydrogen-bond acceptors (Lipinski definition) is 1. The summed E-state index contributed by atoms with van der Waals surface area (Å²) in [7, 11) is 0. The molecule has 0 saturated heterocycles. The van der Waals surface area contributed by atoms with Crippen molar-refractivity contribution in [2.75, 3.05) is 13.1 Å². The van der Waals surface area contributed by atoms with E-state index >= 15 is 0 Å². The quantitative estimate of drug-likeness (QED) is 0.639. The van der Waals surface area contributed by atoms with Gasteiger partial charge in [-0.05, 0) is 44.1 Å². The molecule has 1 nitrogen and oxygen atoms in total. The molecule has 1 aliphatic carbocycles. The fraction of sp³-hybridized carbons (Fsp3) is 0.867. The van der Waals surface area contributed by atoms with E-state index in [4.69, 9.17) is 0 Å². The minimum Gasteiger partial charge on any atom is -0.316 e. The van der Waals surface area contributed by atoms with Crippen LogP contribution in [0.25, 0.3) is 0 Å². The van der Waals surface area contributed by atoms with Crippen LogP contribution in [0, 0.1) is 11.8 Å². The van der Waals surface area contributed by atoms with Gasteiger partial charge in [-0.1, -0.05) is 45.3 Å². The molecule has 0 aromatic rings. The van der Waals surface area contributed by atoms with Gasteiger partial charge in [0.1, 0.15) is 0 Å². The first kappa shape index (κ1) is 13.8. The highest BCUT2D eigenvalue weighted by Crippen LogP contribution is 2.32. The van der Waals surface area contributed by atoms with Gasteiger partial charge in [-0.2, -0.15) is 0 Å². The number of rotatable bonds is 7. The molecule has 94 valence electrons. The first-order chi connectivity index (χ1) is 7.83. The number of hydrogen-bond donors (Lipinski definition) is 1. The molecule has 0 bridgehead atoms. The zero-order chi connectivity index (χ0) is 11.8. The smallest absolute Gasteiger partial charge is 0.00194 e. The summed E-state index contributed by atoms with van der Waals surface area (Å²) in [6.45, 7) is 9.19. The molecular weight excluding hydrogens is 194 g/mol. The van der Waals surface area contributed by atoms with Crippen molar-refractivity contribution in [2.24, 2.45) is 11.8 Å². The Hall–Kier alpha value is -0.300. The molecule has 1 N–H and O–H groups in total. The molecular formula is C15H29N. The summed E-state index contributed by atoms with van der Waals surface area (Å²) in [5.41, 5.74) is 1.75. The van der Waals surface area contributed by atoms with Crippen LogP contribution in [0.5, 0.6) is 0 Å². The summed E-state index contributed by atoms with van der Waals surface area (Å²) in [6, 6.07) is 0. The van der Waals surface area contributed by atoms with E-state index in [0.29, 0.717) is 0 Å². The second-order valence-corrected chi connectivity index (χ2v) is 5.02. The summed E-state index contributed by atoms with van der Waals surface area (Å²) in [5, 5.41) is 3.55. The van der Waals surface area contributed by atoms with E-state index in [1.165, 1.54) is 45.1 Å².